The molecule has 9 nitrogen and oxygen atoms in total. The molecule has 0 spiro atoms. The van der Waals surface area contributed by atoms with Crippen molar-refractivity contribution in [1.29, 1.82) is 5.26 Å². The Kier molecular flexibility index (Phi) is 8.64. The first kappa shape index (κ1) is 24.1. The van der Waals surface area contributed by atoms with Gasteiger partial charge in [0.25, 0.3) is 0 Å². The molecule has 1 aliphatic heterocycles. The molecule has 0 aromatic carbocycles. The van der Waals surface area contributed by atoms with Crippen molar-refractivity contribution in [2.24, 2.45) is 5.92 Å². The molecule has 0 aliphatic carbocycles. The van der Waals surface area contributed by atoms with E-state index in [0.717, 1.165) is 0 Å². The summed E-state index contributed by atoms with van der Waals surface area (Å²) in [6, 6.07) is 3.66. The van der Waals surface area contributed by atoms with Crippen molar-refractivity contribution in [1.82, 2.24) is 4.98 Å². The minimum Gasteiger partial charge on any atom is -0.463 e. The van der Waals surface area contributed by atoms with Gasteiger partial charge in [-0.05, 0) is 22.0 Å². The molecule has 1 saturated heterocycles. The summed E-state index contributed by atoms with van der Waals surface area (Å²) in [7, 11) is 0. The van der Waals surface area contributed by atoms with Gasteiger partial charge in [0.15, 0.2) is 5.69 Å². The highest BCUT2D eigenvalue weighted by Crippen LogP contribution is 2.39. The third kappa shape index (κ3) is 6.42. The van der Waals surface area contributed by atoms with Gasteiger partial charge in [0.2, 0.25) is 0 Å². The summed E-state index contributed by atoms with van der Waals surface area (Å²) in [6.45, 7) is 5.44. The minimum absolute atomic E-state index is 0.128. The van der Waals surface area contributed by atoms with E-state index in [9.17, 15) is 14.4 Å². The zero-order chi connectivity index (χ0) is 22.4. The van der Waals surface area contributed by atoms with E-state index in [2.05, 4.69) is 20.9 Å². The standard InChI is InChI=1S/C19H21BrN2O7S/c1-9-17(27-11(3)24)16(8-26-10(2)23)29-19(18(9)28-12(4)25)30-13-5-14(20)15(6-21)22-7-13/h5,7,9,16-19H,8H2,1-4H3/t9?,16?,17-,18?,19-/m1/s1. The number of carbonyl (C=O) groups is 3. The Balaban J connectivity index is 2.33. The van der Waals surface area contributed by atoms with Gasteiger partial charge in [-0.2, -0.15) is 5.26 Å². The van der Waals surface area contributed by atoms with Crippen LogP contribution in [0.1, 0.15) is 33.4 Å². The van der Waals surface area contributed by atoms with E-state index >= 15 is 0 Å². The zero-order valence-corrected chi connectivity index (χ0v) is 19.2. The maximum atomic E-state index is 11.7. The Bertz CT molecular complexity index is 858. The van der Waals surface area contributed by atoms with Crippen LogP contribution in [0.3, 0.4) is 0 Å². The molecular formula is C19H21BrN2O7S. The summed E-state index contributed by atoms with van der Waals surface area (Å²) in [6.07, 6.45) is -0.785. The summed E-state index contributed by atoms with van der Waals surface area (Å²) in [5, 5.41) is 9.03. The van der Waals surface area contributed by atoms with E-state index in [1.54, 1.807) is 13.0 Å². The first-order valence-electron chi connectivity index (χ1n) is 8.98. The van der Waals surface area contributed by atoms with Gasteiger partial charge in [-0.15, -0.1) is 0 Å². The maximum absolute atomic E-state index is 11.7. The van der Waals surface area contributed by atoms with Crippen molar-refractivity contribution in [2.75, 3.05) is 6.61 Å². The number of aromatic nitrogens is 1. The highest BCUT2D eigenvalue weighted by atomic mass is 79.9. The lowest BCUT2D eigenvalue weighted by molar-refractivity contribution is -0.212. The lowest BCUT2D eigenvalue weighted by Gasteiger charge is -2.43. The van der Waals surface area contributed by atoms with Crippen molar-refractivity contribution in [3.8, 4) is 6.07 Å². The van der Waals surface area contributed by atoms with Gasteiger partial charge in [0.1, 0.15) is 36.4 Å². The Morgan fingerprint density at radius 3 is 2.37 bits per heavy atom. The molecule has 1 aromatic rings. The highest BCUT2D eigenvalue weighted by molar-refractivity contribution is 9.10. The van der Waals surface area contributed by atoms with Crippen LogP contribution in [0.4, 0.5) is 0 Å². The van der Waals surface area contributed by atoms with Crippen molar-refractivity contribution in [3.05, 3.63) is 22.4 Å². The van der Waals surface area contributed by atoms with Gasteiger partial charge >= 0.3 is 17.9 Å². The second kappa shape index (κ2) is 10.7. The van der Waals surface area contributed by atoms with Gasteiger partial charge in [-0.25, -0.2) is 4.98 Å². The normalized spacial score (nSPS) is 25.7. The summed E-state index contributed by atoms with van der Waals surface area (Å²) in [4.78, 5) is 39.3. The molecular weight excluding hydrogens is 480 g/mol. The van der Waals surface area contributed by atoms with Gasteiger partial charge < -0.3 is 18.9 Å². The lowest BCUT2D eigenvalue weighted by Crippen LogP contribution is -2.56. The van der Waals surface area contributed by atoms with Crippen LogP contribution in [-0.4, -0.2) is 53.2 Å². The molecule has 30 heavy (non-hydrogen) atoms. The molecule has 0 bridgehead atoms. The number of ether oxygens (including phenoxy) is 4. The van der Waals surface area contributed by atoms with Crippen LogP contribution in [0.25, 0.3) is 0 Å². The molecule has 1 aliphatic rings. The fourth-order valence-electron chi connectivity index (χ4n) is 2.96. The third-order valence-corrected chi connectivity index (χ3v) is 5.92. The third-order valence-electron chi connectivity index (χ3n) is 4.21. The van der Waals surface area contributed by atoms with Crippen molar-refractivity contribution in [2.45, 2.75) is 56.3 Å². The number of rotatable bonds is 6. The number of esters is 3. The second-order valence-electron chi connectivity index (χ2n) is 6.58. The number of halogens is 1. The summed E-state index contributed by atoms with van der Waals surface area (Å²) in [5.74, 6) is -1.99. The number of pyridine rings is 1. The van der Waals surface area contributed by atoms with E-state index in [0.29, 0.717) is 9.37 Å². The second-order valence-corrected chi connectivity index (χ2v) is 8.61. The van der Waals surface area contributed by atoms with Crippen LogP contribution < -0.4 is 0 Å². The van der Waals surface area contributed by atoms with Crippen LogP contribution in [0.15, 0.2) is 21.6 Å². The topological polar surface area (TPSA) is 125 Å². The average Bonchev–Trinajstić information content (AvgIpc) is 2.65. The summed E-state index contributed by atoms with van der Waals surface area (Å²) < 4.78 is 22.5. The molecule has 5 atom stereocenters. The number of carbonyl (C=O) groups excluding carboxylic acids is 3. The predicted molar refractivity (Wildman–Crippen MR) is 108 cm³/mol. The Morgan fingerprint density at radius 1 is 1.20 bits per heavy atom. The Morgan fingerprint density at radius 2 is 1.83 bits per heavy atom. The first-order valence-corrected chi connectivity index (χ1v) is 10.6. The van der Waals surface area contributed by atoms with Crippen LogP contribution >= 0.6 is 27.7 Å². The molecule has 3 unspecified atom stereocenters. The SMILES string of the molecule is CC(=O)OCC1O[C@H](Sc2cnc(C#N)c(Br)c2)C(OC(C)=O)C(C)[C@H]1OC(C)=O. The zero-order valence-electron chi connectivity index (χ0n) is 16.8. The molecule has 0 radical (unpaired) electrons. The van der Waals surface area contributed by atoms with E-state index in [1.807, 2.05) is 6.07 Å². The Labute approximate surface area is 186 Å². The highest BCUT2D eigenvalue weighted by Gasteiger charge is 2.48. The average molecular weight is 501 g/mol. The number of nitriles is 1. The van der Waals surface area contributed by atoms with E-state index < -0.39 is 47.6 Å². The van der Waals surface area contributed by atoms with Crippen molar-refractivity contribution < 1.29 is 33.3 Å². The largest absolute Gasteiger partial charge is 0.463 e. The van der Waals surface area contributed by atoms with E-state index in [1.165, 1.54) is 38.7 Å². The quantitative estimate of drug-likeness (QED) is 0.424. The van der Waals surface area contributed by atoms with E-state index in [4.69, 9.17) is 24.2 Å². The number of thioether (sulfide) groups is 1. The molecule has 162 valence electrons. The van der Waals surface area contributed by atoms with Crippen LogP contribution in [0.2, 0.25) is 0 Å². The smallest absolute Gasteiger partial charge is 0.303 e. The van der Waals surface area contributed by atoms with Crippen molar-refractivity contribution >= 4 is 45.6 Å². The van der Waals surface area contributed by atoms with Gasteiger partial charge in [-0.3, -0.25) is 14.4 Å². The molecule has 0 amide bonds. The number of nitrogens with zero attached hydrogens (tertiary/aromatic N) is 2. The van der Waals surface area contributed by atoms with Crippen LogP contribution in [0.5, 0.6) is 0 Å². The molecule has 0 saturated carbocycles. The van der Waals surface area contributed by atoms with Crippen molar-refractivity contribution in [3.63, 3.8) is 0 Å². The molecule has 1 fully saturated rings. The van der Waals surface area contributed by atoms with E-state index in [-0.39, 0.29) is 12.3 Å². The molecule has 1 aromatic heterocycles. The molecule has 11 heteroatoms. The van der Waals surface area contributed by atoms with Crippen LogP contribution in [-0.2, 0) is 33.3 Å². The van der Waals surface area contributed by atoms with Crippen LogP contribution in [0, 0.1) is 17.2 Å². The fraction of sp³-hybridized carbons (Fsp3) is 0.526. The minimum atomic E-state index is -0.783. The number of hydrogen-bond acceptors (Lipinski definition) is 10. The Hall–Kier alpha value is -2.16. The maximum Gasteiger partial charge on any atom is 0.303 e. The first-order chi connectivity index (χ1) is 14.1. The molecule has 2 heterocycles. The van der Waals surface area contributed by atoms with Gasteiger partial charge in [0.05, 0.1) is 4.47 Å². The van der Waals surface area contributed by atoms with Gasteiger partial charge in [0, 0.05) is 37.8 Å². The van der Waals surface area contributed by atoms with Gasteiger partial charge in [-0.1, -0.05) is 18.7 Å². The molecule has 2 rings (SSSR count). The fourth-order valence-corrected chi connectivity index (χ4v) is 4.75. The summed E-state index contributed by atoms with van der Waals surface area (Å²) >= 11 is 4.52. The monoisotopic (exact) mass is 500 g/mol. The lowest BCUT2D eigenvalue weighted by atomic mass is 9.91. The predicted octanol–water partition coefficient (Wildman–Crippen LogP) is 2.60. The number of hydrogen-bond donors (Lipinski definition) is 0. The summed E-state index contributed by atoms with van der Waals surface area (Å²) in [5.41, 5.74) is -0.464. The molecule has 0 N–H and O–H groups in total.